The fourth-order valence-electron chi connectivity index (χ4n) is 3.56. The second kappa shape index (κ2) is 16.1. The van der Waals surface area contributed by atoms with Gasteiger partial charge in [-0.25, -0.2) is 4.79 Å². The molecule has 0 bridgehead atoms. The van der Waals surface area contributed by atoms with Gasteiger partial charge in [-0.15, -0.1) is 0 Å². The molecule has 3 N–H and O–H groups in total. The average Bonchev–Trinajstić information content (AvgIpc) is 2.77. The van der Waals surface area contributed by atoms with Gasteiger partial charge in [-0.1, -0.05) is 0 Å². The standard InChI is InChI=1S/C24H40N2O12/c1-14(28)26-19-21(36-16(3)30)20(35-15(2)29)17(13-34-23(32)25-10-11-27)37-22(19)33-12-8-7-9-18(31)38-24(4,5)6/h17,19-22,27H,7-13H2,1-6H3,(H,25,32)(H,26,28). The van der Waals surface area contributed by atoms with Gasteiger partial charge < -0.3 is 44.2 Å². The van der Waals surface area contributed by atoms with Gasteiger partial charge in [0.25, 0.3) is 0 Å². The Morgan fingerprint density at radius 2 is 1.58 bits per heavy atom. The number of unbranched alkanes of at least 4 members (excludes halogenated alkanes) is 1. The zero-order valence-electron chi connectivity index (χ0n) is 22.8. The summed E-state index contributed by atoms with van der Waals surface area (Å²) in [6.07, 6.45) is -4.63. The van der Waals surface area contributed by atoms with Crippen LogP contribution in [-0.2, 0) is 47.6 Å². The van der Waals surface area contributed by atoms with Crippen LogP contribution in [0.1, 0.15) is 60.8 Å². The minimum absolute atomic E-state index is 0.0482. The summed E-state index contributed by atoms with van der Waals surface area (Å²) >= 11 is 0. The van der Waals surface area contributed by atoms with Crippen molar-refractivity contribution in [3.05, 3.63) is 0 Å². The number of aliphatic hydroxyl groups excluding tert-OH is 1. The van der Waals surface area contributed by atoms with Crippen LogP contribution >= 0.6 is 0 Å². The lowest BCUT2D eigenvalue weighted by molar-refractivity contribution is -0.276. The minimum Gasteiger partial charge on any atom is -0.460 e. The summed E-state index contributed by atoms with van der Waals surface area (Å²) in [6, 6.07) is -1.08. The zero-order valence-corrected chi connectivity index (χ0v) is 22.8. The van der Waals surface area contributed by atoms with Crippen molar-refractivity contribution in [3.8, 4) is 0 Å². The summed E-state index contributed by atoms with van der Waals surface area (Å²) in [5.74, 6) is -2.29. The first kappa shape index (κ1) is 33.1. The highest BCUT2D eigenvalue weighted by Crippen LogP contribution is 2.28. The Bertz CT molecular complexity index is 813. The number of amides is 2. The van der Waals surface area contributed by atoms with Crippen LogP contribution in [-0.4, -0.2) is 97.6 Å². The molecular weight excluding hydrogens is 508 g/mol. The number of hydrogen-bond acceptors (Lipinski definition) is 12. The van der Waals surface area contributed by atoms with E-state index in [-0.39, 0.29) is 32.1 Å². The van der Waals surface area contributed by atoms with E-state index in [0.717, 1.165) is 13.8 Å². The van der Waals surface area contributed by atoms with Gasteiger partial charge >= 0.3 is 24.0 Å². The Kier molecular flexibility index (Phi) is 14.0. The van der Waals surface area contributed by atoms with Gasteiger partial charge in [-0.05, 0) is 33.6 Å². The molecule has 0 spiro atoms. The van der Waals surface area contributed by atoms with E-state index >= 15 is 0 Å². The second-order valence-electron chi connectivity index (χ2n) is 9.58. The van der Waals surface area contributed by atoms with Crippen molar-refractivity contribution in [2.75, 3.05) is 26.4 Å². The predicted octanol–water partition coefficient (Wildman–Crippen LogP) is 0.327. The topological polar surface area (TPSA) is 185 Å². The number of rotatable bonds is 13. The fraction of sp³-hybridized carbons (Fsp3) is 0.792. The molecule has 1 rings (SSSR count). The van der Waals surface area contributed by atoms with Crippen molar-refractivity contribution in [1.82, 2.24) is 10.6 Å². The van der Waals surface area contributed by atoms with Crippen LogP contribution in [0, 0.1) is 0 Å². The number of alkyl carbamates (subject to hydrolysis) is 1. The number of ether oxygens (including phenoxy) is 6. The van der Waals surface area contributed by atoms with E-state index < -0.39 is 66.8 Å². The van der Waals surface area contributed by atoms with E-state index in [2.05, 4.69) is 10.6 Å². The summed E-state index contributed by atoms with van der Waals surface area (Å²) in [7, 11) is 0. The molecule has 0 aromatic rings. The van der Waals surface area contributed by atoms with Crippen LogP contribution in [0.4, 0.5) is 4.79 Å². The van der Waals surface area contributed by atoms with E-state index in [0.29, 0.717) is 12.8 Å². The van der Waals surface area contributed by atoms with E-state index in [1.165, 1.54) is 6.92 Å². The summed E-state index contributed by atoms with van der Waals surface area (Å²) in [5.41, 5.74) is -0.592. The SMILES string of the molecule is CC(=O)NC1C(OCCCCC(=O)OC(C)(C)C)OC(COC(=O)NCCO)C(OC(C)=O)C1OC(C)=O. The molecule has 1 aliphatic heterocycles. The maximum atomic E-state index is 12.0. The monoisotopic (exact) mass is 548 g/mol. The molecule has 0 aromatic heterocycles. The Labute approximate surface area is 222 Å². The molecule has 0 aromatic carbocycles. The molecule has 0 saturated carbocycles. The third-order valence-corrected chi connectivity index (χ3v) is 4.86. The number of carbonyl (C=O) groups is 5. The predicted molar refractivity (Wildman–Crippen MR) is 129 cm³/mol. The summed E-state index contributed by atoms with van der Waals surface area (Å²) in [4.78, 5) is 59.5. The van der Waals surface area contributed by atoms with Gasteiger partial charge in [0.1, 0.15) is 24.4 Å². The van der Waals surface area contributed by atoms with Gasteiger partial charge in [0, 0.05) is 40.3 Å². The maximum absolute atomic E-state index is 12.0. The quantitative estimate of drug-likeness (QED) is 0.163. The van der Waals surface area contributed by atoms with Gasteiger partial charge in [-0.3, -0.25) is 19.2 Å². The summed E-state index contributed by atoms with van der Waals surface area (Å²) < 4.78 is 32.9. The molecule has 218 valence electrons. The van der Waals surface area contributed by atoms with E-state index in [9.17, 15) is 24.0 Å². The minimum atomic E-state index is -1.26. The van der Waals surface area contributed by atoms with E-state index in [1.807, 2.05) is 0 Å². The van der Waals surface area contributed by atoms with Crippen LogP contribution in [0.15, 0.2) is 0 Å². The lowest BCUT2D eigenvalue weighted by atomic mass is 9.96. The van der Waals surface area contributed by atoms with Gasteiger partial charge in [-0.2, -0.15) is 0 Å². The van der Waals surface area contributed by atoms with Crippen molar-refractivity contribution in [1.29, 1.82) is 0 Å². The molecule has 2 amide bonds. The number of nitrogens with one attached hydrogen (secondary N) is 2. The third-order valence-electron chi connectivity index (χ3n) is 4.86. The van der Waals surface area contributed by atoms with Crippen molar-refractivity contribution < 1.29 is 57.5 Å². The van der Waals surface area contributed by atoms with Crippen molar-refractivity contribution in [2.24, 2.45) is 0 Å². The van der Waals surface area contributed by atoms with E-state index in [1.54, 1.807) is 20.8 Å². The second-order valence-corrected chi connectivity index (χ2v) is 9.58. The molecule has 0 aliphatic carbocycles. The Morgan fingerprint density at radius 1 is 0.947 bits per heavy atom. The normalized spacial score (nSPS) is 23.1. The molecule has 38 heavy (non-hydrogen) atoms. The summed E-state index contributed by atoms with van der Waals surface area (Å²) in [6.45, 7) is 8.15. The lowest BCUT2D eigenvalue weighted by Crippen LogP contribution is -2.66. The van der Waals surface area contributed by atoms with Crippen molar-refractivity contribution in [3.63, 3.8) is 0 Å². The Morgan fingerprint density at radius 3 is 2.13 bits per heavy atom. The van der Waals surface area contributed by atoms with E-state index in [4.69, 9.17) is 33.5 Å². The molecular formula is C24H40N2O12. The maximum Gasteiger partial charge on any atom is 0.407 e. The fourth-order valence-corrected chi connectivity index (χ4v) is 3.56. The highest BCUT2D eigenvalue weighted by molar-refractivity contribution is 5.73. The lowest BCUT2D eigenvalue weighted by Gasteiger charge is -2.44. The van der Waals surface area contributed by atoms with Crippen molar-refractivity contribution >= 4 is 29.9 Å². The number of carbonyl (C=O) groups excluding carboxylic acids is 5. The van der Waals surface area contributed by atoms with Gasteiger partial charge in [0.05, 0.1) is 6.61 Å². The number of esters is 3. The van der Waals surface area contributed by atoms with Crippen LogP contribution < -0.4 is 10.6 Å². The molecule has 0 radical (unpaired) electrons. The Balaban J connectivity index is 3.02. The molecule has 5 atom stereocenters. The molecule has 1 heterocycles. The first-order chi connectivity index (χ1) is 17.7. The highest BCUT2D eigenvalue weighted by Gasteiger charge is 2.51. The van der Waals surface area contributed by atoms with Crippen LogP contribution in [0.3, 0.4) is 0 Å². The van der Waals surface area contributed by atoms with Crippen LogP contribution in [0.25, 0.3) is 0 Å². The molecule has 1 fully saturated rings. The number of aliphatic hydroxyl groups is 1. The smallest absolute Gasteiger partial charge is 0.407 e. The van der Waals surface area contributed by atoms with Gasteiger partial charge in [0.15, 0.2) is 18.5 Å². The zero-order chi connectivity index (χ0) is 28.9. The molecule has 1 saturated heterocycles. The largest absolute Gasteiger partial charge is 0.460 e. The van der Waals surface area contributed by atoms with Crippen LogP contribution in [0.2, 0.25) is 0 Å². The highest BCUT2D eigenvalue weighted by atomic mass is 16.7. The third kappa shape index (κ3) is 13.0. The molecule has 14 nitrogen and oxygen atoms in total. The van der Waals surface area contributed by atoms with Crippen molar-refractivity contribution in [2.45, 2.75) is 97.0 Å². The average molecular weight is 549 g/mol. The molecule has 1 aliphatic rings. The molecule has 5 unspecified atom stereocenters. The number of hydrogen-bond donors (Lipinski definition) is 3. The first-order valence-corrected chi connectivity index (χ1v) is 12.4. The molecule has 14 heteroatoms. The first-order valence-electron chi connectivity index (χ1n) is 12.4. The Hall–Kier alpha value is -2.97. The summed E-state index contributed by atoms with van der Waals surface area (Å²) in [5, 5.41) is 13.8. The van der Waals surface area contributed by atoms with Crippen LogP contribution in [0.5, 0.6) is 0 Å². The van der Waals surface area contributed by atoms with Gasteiger partial charge in [0.2, 0.25) is 5.91 Å².